The number of benzene rings is 1. The summed E-state index contributed by atoms with van der Waals surface area (Å²) >= 11 is 13.8. The van der Waals surface area contributed by atoms with Gasteiger partial charge in [0.1, 0.15) is 0 Å². The van der Waals surface area contributed by atoms with Crippen molar-refractivity contribution in [3.8, 4) is 0 Å². The molecule has 3 heteroatoms. The van der Waals surface area contributed by atoms with Crippen LogP contribution in [0.1, 0.15) is 5.56 Å². The highest BCUT2D eigenvalue weighted by atomic mass is 127. The fourth-order valence-corrected chi connectivity index (χ4v) is 1.62. The molecule has 0 unspecified atom stereocenters. The lowest BCUT2D eigenvalue weighted by molar-refractivity contribution is 1.43. The predicted octanol–water partition coefficient (Wildman–Crippen LogP) is 3.91. The molecule has 0 nitrogen and oxygen atoms in total. The molecule has 0 bridgehead atoms. The molecule has 0 aliphatic carbocycles. The Bertz CT molecular complexity index is 231. The van der Waals surface area contributed by atoms with Crippen LogP contribution in [0.2, 0.25) is 10.0 Å². The highest BCUT2D eigenvalue weighted by Gasteiger charge is 2.02. The van der Waals surface area contributed by atoms with Crippen molar-refractivity contribution < 1.29 is 0 Å². The first-order chi connectivity index (χ1) is 4.63. The average Bonchev–Trinajstić information content (AvgIpc) is 1.93. The van der Waals surface area contributed by atoms with E-state index in [1.165, 1.54) is 0 Å². The maximum Gasteiger partial charge on any atom is 0.0543 e. The molecule has 1 rings (SSSR count). The first kappa shape index (κ1) is 8.62. The Morgan fingerprint density at radius 2 is 1.70 bits per heavy atom. The lowest BCUT2D eigenvalue weighted by Crippen LogP contribution is -1.81. The molecule has 1 aromatic carbocycles. The second-order valence-corrected chi connectivity index (χ2v) is 3.86. The van der Waals surface area contributed by atoms with Crippen molar-refractivity contribution in [2.75, 3.05) is 0 Å². The Kier molecular flexibility index (Phi) is 2.83. The largest absolute Gasteiger partial charge is 0.0840 e. The van der Waals surface area contributed by atoms with Gasteiger partial charge in [0, 0.05) is 8.59 Å². The van der Waals surface area contributed by atoms with Crippen LogP contribution in [0.4, 0.5) is 0 Å². The van der Waals surface area contributed by atoms with Crippen LogP contribution in [0.25, 0.3) is 0 Å². The van der Waals surface area contributed by atoms with Crippen LogP contribution in [0.15, 0.2) is 12.1 Å². The summed E-state index contributed by atoms with van der Waals surface area (Å²) in [4.78, 5) is 0. The Labute approximate surface area is 83.7 Å². The molecule has 10 heavy (non-hydrogen) atoms. The minimum absolute atomic E-state index is 0.766. The molecule has 0 saturated carbocycles. The van der Waals surface area contributed by atoms with Gasteiger partial charge in [0.05, 0.1) is 5.02 Å². The van der Waals surface area contributed by atoms with E-state index in [9.17, 15) is 0 Å². The minimum atomic E-state index is 0.766. The van der Waals surface area contributed by atoms with Gasteiger partial charge in [0.25, 0.3) is 0 Å². The predicted molar refractivity (Wildman–Crippen MR) is 53.9 cm³/mol. The Hall–Kier alpha value is 0.530. The molecule has 0 radical (unpaired) electrons. The van der Waals surface area contributed by atoms with E-state index in [0.717, 1.165) is 19.2 Å². The summed E-state index contributed by atoms with van der Waals surface area (Å²) in [6, 6.07) is 3.61. The molecule has 0 N–H and O–H groups in total. The summed E-state index contributed by atoms with van der Waals surface area (Å²) in [5, 5.41) is 1.54. The number of hydrogen-bond acceptors (Lipinski definition) is 0. The molecule has 0 aliphatic heterocycles. The third-order valence-corrected chi connectivity index (χ3v) is 3.71. The number of rotatable bonds is 0. The first-order valence-corrected chi connectivity index (χ1v) is 4.56. The zero-order valence-electron chi connectivity index (χ0n) is 5.29. The van der Waals surface area contributed by atoms with Gasteiger partial charge in [0.15, 0.2) is 0 Å². The average molecular weight is 287 g/mol. The van der Waals surface area contributed by atoms with Crippen LogP contribution in [0.3, 0.4) is 0 Å². The summed E-state index contributed by atoms with van der Waals surface area (Å²) in [6.45, 7) is 1.95. The van der Waals surface area contributed by atoms with Gasteiger partial charge in [-0.2, -0.15) is 0 Å². The van der Waals surface area contributed by atoms with Gasteiger partial charge in [-0.1, -0.05) is 23.2 Å². The normalized spacial score (nSPS) is 10.0. The quantitative estimate of drug-likeness (QED) is 0.501. The Morgan fingerprint density at radius 3 is 2.20 bits per heavy atom. The van der Waals surface area contributed by atoms with E-state index >= 15 is 0 Å². The van der Waals surface area contributed by atoms with Crippen molar-refractivity contribution in [1.82, 2.24) is 0 Å². The van der Waals surface area contributed by atoms with Gasteiger partial charge < -0.3 is 0 Å². The van der Waals surface area contributed by atoms with Crippen molar-refractivity contribution in [2.24, 2.45) is 0 Å². The molecule has 0 atom stereocenters. The van der Waals surface area contributed by atoms with Crippen molar-refractivity contribution in [3.05, 3.63) is 31.3 Å². The molecule has 0 aromatic heterocycles. The van der Waals surface area contributed by atoms with Crippen LogP contribution in [0.5, 0.6) is 0 Å². The minimum Gasteiger partial charge on any atom is -0.0840 e. The first-order valence-electron chi connectivity index (χ1n) is 2.73. The van der Waals surface area contributed by atoms with Crippen molar-refractivity contribution in [2.45, 2.75) is 6.92 Å². The van der Waals surface area contributed by atoms with E-state index in [1.54, 1.807) is 12.1 Å². The van der Waals surface area contributed by atoms with E-state index in [2.05, 4.69) is 22.6 Å². The smallest absolute Gasteiger partial charge is 0.0543 e. The number of hydrogen-bond donors (Lipinski definition) is 0. The van der Waals surface area contributed by atoms with Gasteiger partial charge in [-0.15, -0.1) is 0 Å². The van der Waals surface area contributed by atoms with Gasteiger partial charge in [-0.05, 0) is 47.2 Å². The molecule has 0 aliphatic rings. The van der Waals surface area contributed by atoms with Crippen LogP contribution in [-0.2, 0) is 0 Å². The van der Waals surface area contributed by atoms with E-state index in [1.807, 2.05) is 6.92 Å². The summed E-state index contributed by atoms with van der Waals surface area (Å²) in [6.07, 6.45) is 0. The Morgan fingerprint density at radius 1 is 1.20 bits per heavy atom. The maximum absolute atomic E-state index is 5.82. The summed E-state index contributed by atoms with van der Waals surface area (Å²) < 4.78 is 1.03. The highest BCUT2D eigenvalue weighted by molar-refractivity contribution is 14.1. The van der Waals surface area contributed by atoms with Crippen molar-refractivity contribution >= 4 is 45.8 Å². The molecule has 0 fully saturated rings. The lowest BCUT2D eigenvalue weighted by Gasteiger charge is -2.01. The third kappa shape index (κ3) is 1.57. The van der Waals surface area contributed by atoms with Crippen LogP contribution < -0.4 is 0 Å². The van der Waals surface area contributed by atoms with Crippen molar-refractivity contribution in [1.29, 1.82) is 0 Å². The van der Waals surface area contributed by atoms with Gasteiger partial charge in [-0.25, -0.2) is 0 Å². The van der Waals surface area contributed by atoms with E-state index in [0.29, 0.717) is 0 Å². The number of halogens is 3. The van der Waals surface area contributed by atoms with Crippen LogP contribution in [0, 0.1) is 10.5 Å². The molecule has 1 aromatic rings. The summed E-state index contributed by atoms with van der Waals surface area (Å²) in [7, 11) is 0. The van der Waals surface area contributed by atoms with E-state index < -0.39 is 0 Å². The molecule has 0 amide bonds. The van der Waals surface area contributed by atoms with Gasteiger partial charge in [-0.3, -0.25) is 0 Å². The molecule has 0 saturated heterocycles. The summed E-state index contributed by atoms with van der Waals surface area (Å²) in [5.41, 5.74) is 1.05. The SMILES string of the molecule is Cc1c(Cl)ccc(Cl)c1I. The lowest BCUT2D eigenvalue weighted by atomic mass is 10.2. The van der Waals surface area contributed by atoms with Crippen LogP contribution in [-0.4, -0.2) is 0 Å². The van der Waals surface area contributed by atoms with Crippen molar-refractivity contribution in [3.63, 3.8) is 0 Å². The second-order valence-electron chi connectivity index (χ2n) is 1.97. The maximum atomic E-state index is 5.82. The molecule has 0 heterocycles. The fraction of sp³-hybridized carbons (Fsp3) is 0.143. The highest BCUT2D eigenvalue weighted by Crippen LogP contribution is 2.26. The standard InChI is InChI=1S/C7H5Cl2I/c1-4-5(8)2-3-6(9)7(4)10/h2-3H,1H3. The van der Waals surface area contributed by atoms with Gasteiger partial charge >= 0.3 is 0 Å². The molecular formula is C7H5Cl2I. The summed E-state index contributed by atoms with van der Waals surface area (Å²) in [5.74, 6) is 0. The Balaban J connectivity index is 3.34. The topological polar surface area (TPSA) is 0 Å². The fourth-order valence-electron chi connectivity index (χ4n) is 0.628. The molecular weight excluding hydrogens is 282 g/mol. The molecule has 54 valence electrons. The van der Waals surface area contributed by atoms with Gasteiger partial charge in [0.2, 0.25) is 0 Å². The third-order valence-electron chi connectivity index (χ3n) is 1.27. The van der Waals surface area contributed by atoms with Crippen LogP contribution >= 0.6 is 45.8 Å². The zero-order valence-corrected chi connectivity index (χ0v) is 8.96. The van der Waals surface area contributed by atoms with E-state index in [-0.39, 0.29) is 0 Å². The van der Waals surface area contributed by atoms with E-state index in [4.69, 9.17) is 23.2 Å². The zero-order chi connectivity index (χ0) is 7.72. The second kappa shape index (κ2) is 3.28. The molecule has 0 spiro atoms. The monoisotopic (exact) mass is 286 g/mol.